The van der Waals surface area contributed by atoms with Gasteiger partial charge >= 0.3 is 5.97 Å². The molecule has 1 saturated carbocycles. The van der Waals surface area contributed by atoms with Crippen molar-refractivity contribution in [1.82, 2.24) is 4.98 Å². The second kappa shape index (κ2) is 6.14. The molecule has 2 aromatic rings. The van der Waals surface area contributed by atoms with Gasteiger partial charge in [0.2, 0.25) is 0 Å². The van der Waals surface area contributed by atoms with E-state index in [1.165, 1.54) is 44.2 Å². The molecule has 1 fully saturated rings. The second-order valence-corrected chi connectivity index (χ2v) is 6.91. The molecule has 0 saturated heterocycles. The molecule has 0 radical (unpaired) electrons. The van der Waals surface area contributed by atoms with E-state index in [9.17, 15) is 4.79 Å². The number of fused-ring (bicyclic) bond motifs is 1. The van der Waals surface area contributed by atoms with Crippen molar-refractivity contribution in [3.63, 3.8) is 0 Å². The molecule has 4 heteroatoms. The molecule has 0 aliphatic heterocycles. The summed E-state index contributed by atoms with van der Waals surface area (Å²) < 4.78 is 5.93. The zero-order valence-electron chi connectivity index (χ0n) is 12.6. The molecule has 0 unspecified atom stereocenters. The van der Waals surface area contributed by atoms with Crippen LogP contribution in [0.2, 0.25) is 0 Å². The van der Waals surface area contributed by atoms with E-state index < -0.39 is 0 Å². The number of hydrogen-bond donors (Lipinski definition) is 0. The van der Waals surface area contributed by atoms with E-state index in [1.807, 2.05) is 18.2 Å². The van der Waals surface area contributed by atoms with E-state index >= 15 is 0 Å². The fourth-order valence-electron chi connectivity index (χ4n) is 3.18. The first-order valence-electron chi connectivity index (χ1n) is 7.70. The Labute approximate surface area is 129 Å². The molecule has 3 nitrogen and oxygen atoms in total. The van der Waals surface area contributed by atoms with Gasteiger partial charge < -0.3 is 4.74 Å². The summed E-state index contributed by atoms with van der Waals surface area (Å²) in [5.41, 5.74) is 1.51. The zero-order chi connectivity index (χ0) is 14.8. The summed E-state index contributed by atoms with van der Waals surface area (Å²) in [6.07, 6.45) is 6.45. The molecule has 1 aromatic heterocycles. The largest absolute Gasteiger partial charge is 0.465 e. The van der Waals surface area contributed by atoms with Crippen LogP contribution in [0.1, 0.15) is 60.3 Å². The third-order valence-electron chi connectivity index (χ3n) is 4.60. The number of nitrogens with zero attached hydrogens (tertiary/aromatic N) is 1. The van der Waals surface area contributed by atoms with Crippen molar-refractivity contribution in [2.45, 2.75) is 44.9 Å². The van der Waals surface area contributed by atoms with Crippen LogP contribution in [0.4, 0.5) is 0 Å². The van der Waals surface area contributed by atoms with Crippen molar-refractivity contribution in [3.8, 4) is 0 Å². The van der Waals surface area contributed by atoms with E-state index in [-0.39, 0.29) is 5.97 Å². The van der Waals surface area contributed by atoms with Gasteiger partial charge in [-0.2, -0.15) is 0 Å². The number of esters is 1. The minimum absolute atomic E-state index is 0.296. The monoisotopic (exact) mass is 303 g/mol. The number of thiazole rings is 1. The van der Waals surface area contributed by atoms with Crippen LogP contribution in [0.15, 0.2) is 18.2 Å². The minimum Gasteiger partial charge on any atom is -0.465 e. The molecule has 21 heavy (non-hydrogen) atoms. The molecule has 112 valence electrons. The lowest BCUT2D eigenvalue weighted by molar-refractivity contribution is 0.0601. The average Bonchev–Trinajstić information content (AvgIpc) is 2.97. The summed E-state index contributed by atoms with van der Waals surface area (Å²) >= 11 is 1.78. The van der Waals surface area contributed by atoms with Crippen LogP contribution in [0.25, 0.3) is 10.2 Å². The molecule has 1 aromatic carbocycles. The molecule has 1 aliphatic carbocycles. The van der Waals surface area contributed by atoms with Crippen LogP contribution in [0.5, 0.6) is 0 Å². The average molecular weight is 303 g/mol. The van der Waals surface area contributed by atoms with E-state index in [2.05, 4.69) is 6.92 Å². The number of aromatic nitrogens is 1. The predicted molar refractivity (Wildman–Crippen MR) is 85.9 cm³/mol. The van der Waals surface area contributed by atoms with Crippen molar-refractivity contribution in [2.75, 3.05) is 7.11 Å². The molecule has 0 spiro atoms. The number of carbonyl (C=O) groups is 1. The summed E-state index contributed by atoms with van der Waals surface area (Å²) in [6.45, 7) is 2.29. The first kappa shape index (κ1) is 14.5. The standard InChI is InChI=1S/C17H21NO2S/c1-3-11-4-6-12(7-5-11)16-18-14-10-13(17(19)20-2)8-9-15(14)21-16/h8-12H,3-7H2,1-2H3/t11-,12-. The fourth-order valence-corrected chi connectivity index (χ4v) is 4.30. The van der Waals surface area contributed by atoms with Crippen molar-refractivity contribution in [2.24, 2.45) is 5.92 Å². The Morgan fingerprint density at radius 1 is 1.33 bits per heavy atom. The zero-order valence-corrected chi connectivity index (χ0v) is 13.4. The lowest BCUT2D eigenvalue weighted by Crippen LogP contribution is -2.12. The summed E-state index contributed by atoms with van der Waals surface area (Å²) in [7, 11) is 1.41. The lowest BCUT2D eigenvalue weighted by Gasteiger charge is -2.26. The maximum absolute atomic E-state index is 11.6. The molecule has 1 aliphatic rings. The number of carbonyl (C=O) groups excluding carboxylic acids is 1. The highest BCUT2D eigenvalue weighted by Crippen LogP contribution is 2.39. The van der Waals surface area contributed by atoms with Gasteiger partial charge in [0, 0.05) is 5.92 Å². The van der Waals surface area contributed by atoms with Crippen molar-refractivity contribution < 1.29 is 9.53 Å². The lowest BCUT2D eigenvalue weighted by atomic mass is 9.81. The second-order valence-electron chi connectivity index (χ2n) is 5.85. The number of hydrogen-bond acceptors (Lipinski definition) is 4. The Bertz CT molecular complexity index is 641. The van der Waals surface area contributed by atoms with Gasteiger partial charge in [0.05, 0.1) is 27.9 Å². The summed E-state index contributed by atoms with van der Waals surface area (Å²) in [6, 6.07) is 5.66. The van der Waals surface area contributed by atoms with Crippen molar-refractivity contribution in [1.29, 1.82) is 0 Å². The SMILES string of the molecule is CC[C@H]1CC[C@H](c2nc3cc(C(=O)OC)ccc3s2)CC1. The van der Waals surface area contributed by atoms with Gasteiger partial charge in [-0.3, -0.25) is 0 Å². The third kappa shape index (κ3) is 2.95. The van der Waals surface area contributed by atoms with Gasteiger partial charge in [-0.1, -0.05) is 13.3 Å². The predicted octanol–water partition coefficient (Wildman–Crippen LogP) is 4.77. The topological polar surface area (TPSA) is 39.2 Å². The van der Waals surface area contributed by atoms with Gasteiger partial charge in [-0.05, 0) is 49.8 Å². The third-order valence-corrected chi connectivity index (χ3v) is 5.80. The highest BCUT2D eigenvalue weighted by molar-refractivity contribution is 7.18. The van der Waals surface area contributed by atoms with Crippen molar-refractivity contribution in [3.05, 3.63) is 28.8 Å². The first-order valence-corrected chi connectivity index (χ1v) is 8.51. The van der Waals surface area contributed by atoms with Crippen LogP contribution < -0.4 is 0 Å². The van der Waals surface area contributed by atoms with Gasteiger partial charge in [0.25, 0.3) is 0 Å². The maximum atomic E-state index is 11.6. The number of benzene rings is 1. The first-order chi connectivity index (χ1) is 10.2. The van der Waals surface area contributed by atoms with E-state index in [0.717, 1.165) is 16.1 Å². The number of methoxy groups -OCH3 is 1. The van der Waals surface area contributed by atoms with Gasteiger partial charge in [-0.25, -0.2) is 9.78 Å². The molecular formula is C17H21NO2S. The number of ether oxygens (including phenoxy) is 1. The normalized spacial score (nSPS) is 22.4. The molecule has 1 heterocycles. The van der Waals surface area contributed by atoms with Crippen LogP contribution in [-0.4, -0.2) is 18.1 Å². The highest BCUT2D eigenvalue weighted by atomic mass is 32.1. The Morgan fingerprint density at radius 3 is 2.76 bits per heavy atom. The van der Waals surface area contributed by atoms with E-state index in [0.29, 0.717) is 11.5 Å². The fraction of sp³-hybridized carbons (Fsp3) is 0.529. The minimum atomic E-state index is -0.296. The van der Waals surface area contributed by atoms with Gasteiger partial charge in [0.1, 0.15) is 0 Å². The Balaban J connectivity index is 1.83. The highest BCUT2D eigenvalue weighted by Gasteiger charge is 2.24. The van der Waals surface area contributed by atoms with Crippen molar-refractivity contribution >= 4 is 27.5 Å². The molecule has 0 atom stereocenters. The van der Waals surface area contributed by atoms with Crippen LogP contribution >= 0.6 is 11.3 Å². The molecule has 0 amide bonds. The Hall–Kier alpha value is -1.42. The van der Waals surface area contributed by atoms with Crippen LogP contribution in [0, 0.1) is 5.92 Å². The summed E-state index contributed by atoms with van der Waals surface area (Å²) in [5.74, 6) is 1.21. The van der Waals surface area contributed by atoms with Crippen LogP contribution in [0.3, 0.4) is 0 Å². The smallest absolute Gasteiger partial charge is 0.337 e. The summed E-state index contributed by atoms with van der Waals surface area (Å²) in [5, 5.41) is 1.24. The summed E-state index contributed by atoms with van der Waals surface area (Å²) in [4.78, 5) is 16.4. The molecule has 0 bridgehead atoms. The Morgan fingerprint density at radius 2 is 2.10 bits per heavy atom. The Kier molecular flexibility index (Phi) is 4.24. The molecule has 0 N–H and O–H groups in total. The maximum Gasteiger partial charge on any atom is 0.337 e. The van der Waals surface area contributed by atoms with E-state index in [1.54, 1.807) is 11.3 Å². The van der Waals surface area contributed by atoms with E-state index in [4.69, 9.17) is 9.72 Å². The van der Waals surface area contributed by atoms with Crippen LogP contribution in [-0.2, 0) is 4.74 Å². The molecular weight excluding hydrogens is 282 g/mol. The number of rotatable bonds is 3. The van der Waals surface area contributed by atoms with Gasteiger partial charge in [0.15, 0.2) is 0 Å². The van der Waals surface area contributed by atoms with Gasteiger partial charge in [-0.15, -0.1) is 11.3 Å². The molecule has 3 rings (SSSR count). The quantitative estimate of drug-likeness (QED) is 0.767.